The van der Waals surface area contributed by atoms with E-state index in [1.165, 1.54) is 34.9 Å². The predicted octanol–water partition coefficient (Wildman–Crippen LogP) is 5.25. The summed E-state index contributed by atoms with van der Waals surface area (Å²) in [7, 11) is 0. The SMILES string of the molecule is C[C@@H]1[C@H](C)CCC[C@H]1NC(=O)CSc1nnc(-c2ccccc2)n1-c1ccc(F)cc1F. The summed E-state index contributed by atoms with van der Waals surface area (Å²) in [6.07, 6.45) is 3.29. The van der Waals surface area contributed by atoms with Gasteiger partial charge in [0.1, 0.15) is 11.6 Å². The van der Waals surface area contributed by atoms with Crippen molar-refractivity contribution in [2.24, 2.45) is 11.8 Å². The summed E-state index contributed by atoms with van der Waals surface area (Å²) < 4.78 is 29.7. The zero-order valence-electron chi connectivity index (χ0n) is 18.1. The first kappa shape index (κ1) is 22.5. The Morgan fingerprint density at radius 3 is 2.66 bits per heavy atom. The minimum absolute atomic E-state index is 0.0867. The molecular formula is C24H26F2N4OS. The first-order valence-corrected chi connectivity index (χ1v) is 11.8. The van der Waals surface area contributed by atoms with Crippen molar-refractivity contribution in [3.05, 3.63) is 60.2 Å². The average Bonchev–Trinajstić information content (AvgIpc) is 3.20. The fourth-order valence-electron chi connectivity index (χ4n) is 4.18. The van der Waals surface area contributed by atoms with Gasteiger partial charge in [-0.2, -0.15) is 0 Å². The molecule has 2 aromatic carbocycles. The molecule has 4 rings (SSSR count). The summed E-state index contributed by atoms with van der Waals surface area (Å²) in [5.74, 6) is 0.0975. The summed E-state index contributed by atoms with van der Waals surface area (Å²) in [4.78, 5) is 12.7. The van der Waals surface area contributed by atoms with Gasteiger partial charge in [0.05, 0.1) is 11.4 Å². The van der Waals surface area contributed by atoms with Crippen LogP contribution in [-0.2, 0) is 4.79 Å². The van der Waals surface area contributed by atoms with Crippen molar-refractivity contribution in [2.45, 2.75) is 44.3 Å². The molecule has 1 N–H and O–H groups in total. The molecule has 0 radical (unpaired) electrons. The number of aromatic nitrogens is 3. The molecule has 1 fully saturated rings. The molecule has 1 heterocycles. The lowest BCUT2D eigenvalue weighted by molar-refractivity contribution is -0.120. The summed E-state index contributed by atoms with van der Waals surface area (Å²) in [5.41, 5.74) is 0.873. The minimum Gasteiger partial charge on any atom is -0.352 e. The molecule has 168 valence electrons. The highest BCUT2D eigenvalue weighted by atomic mass is 32.2. The van der Waals surface area contributed by atoms with E-state index >= 15 is 0 Å². The van der Waals surface area contributed by atoms with Crippen molar-refractivity contribution < 1.29 is 13.6 Å². The second kappa shape index (κ2) is 9.81. The third-order valence-corrected chi connectivity index (χ3v) is 7.13. The monoisotopic (exact) mass is 456 g/mol. The zero-order valence-corrected chi connectivity index (χ0v) is 18.9. The van der Waals surface area contributed by atoms with E-state index in [0.717, 1.165) is 24.5 Å². The van der Waals surface area contributed by atoms with E-state index in [0.29, 0.717) is 22.8 Å². The van der Waals surface area contributed by atoms with Crippen molar-refractivity contribution >= 4 is 17.7 Å². The molecule has 1 aliphatic rings. The number of rotatable bonds is 6. The molecule has 0 bridgehead atoms. The van der Waals surface area contributed by atoms with E-state index in [9.17, 15) is 13.6 Å². The average molecular weight is 457 g/mol. The summed E-state index contributed by atoms with van der Waals surface area (Å²) in [5, 5.41) is 12.0. The predicted molar refractivity (Wildman–Crippen MR) is 122 cm³/mol. The van der Waals surface area contributed by atoms with Gasteiger partial charge in [-0.05, 0) is 30.4 Å². The third kappa shape index (κ3) is 4.85. The maximum absolute atomic E-state index is 14.7. The number of hydrogen-bond donors (Lipinski definition) is 1. The number of amides is 1. The fraction of sp³-hybridized carbons (Fsp3) is 0.375. The van der Waals surface area contributed by atoms with Crippen LogP contribution in [0.15, 0.2) is 53.7 Å². The number of hydrogen-bond acceptors (Lipinski definition) is 4. The van der Waals surface area contributed by atoms with Crippen LogP contribution < -0.4 is 5.32 Å². The quantitative estimate of drug-likeness (QED) is 0.515. The lowest BCUT2D eigenvalue weighted by atomic mass is 9.78. The van der Waals surface area contributed by atoms with Crippen molar-refractivity contribution in [3.63, 3.8) is 0 Å². The Labute approximate surface area is 190 Å². The van der Waals surface area contributed by atoms with Gasteiger partial charge in [-0.25, -0.2) is 8.78 Å². The fourth-order valence-corrected chi connectivity index (χ4v) is 4.94. The molecule has 0 aliphatic heterocycles. The molecule has 1 amide bonds. The Kier molecular flexibility index (Phi) is 6.89. The van der Waals surface area contributed by atoms with Gasteiger partial charge in [-0.1, -0.05) is 68.8 Å². The maximum Gasteiger partial charge on any atom is 0.230 e. The summed E-state index contributed by atoms with van der Waals surface area (Å²) in [6, 6.07) is 12.8. The molecule has 5 nitrogen and oxygen atoms in total. The molecule has 1 aromatic heterocycles. The number of carbonyl (C=O) groups is 1. The van der Waals surface area contributed by atoms with Crippen LogP contribution in [-0.4, -0.2) is 32.5 Å². The van der Waals surface area contributed by atoms with Gasteiger partial charge in [-0.15, -0.1) is 10.2 Å². The summed E-state index contributed by atoms with van der Waals surface area (Å²) in [6.45, 7) is 4.41. The highest BCUT2D eigenvalue weighted by molar-refractivity contribution is 7.99. The molecule has 8 heteroatoms. The molecule has 3 aromatic rings. The first-order valence-electron chi connectivity index (χ1n) is 10.8. The number of thioether (sulfide) groups is 1. The van der Waals surface area contributed by atoms with E-state index < -0.39 is 11.6 Å². The normalized spacial score (nSPS) is 20.8. The molecule has 1 saturated carbocycles. The van der Waals surface area contributed by atoms with E-state index in [2.05, 4.69) is 29.4 Å². The Morgan fingerprint density at radius 2 is 1.91 bits per heavy atom. The van der Waals surface area contributed by atoms with Crippen molar-refractivity contribution in [1.29, 1.82) is 0 Å². The van der Waals surface area contributed by atoms with Gasteiger partial charge in [0.15, 0.2) is 11.0 Å². The van der Waals surface area contributed by atoms with Crippen LogP contribution in [0.25, 0.3) is 17.1 Å². The van der Waals surface area contributed by atoms with Crippen LogP contribution in [0.3, 0.4) is 0 Å². The number of nitrogens with zero attached hydrogens (tertiary/aromatic N) is 3. The van der Waals surface area contributed by atoms with Crippen molar-refractivity contribution in [2.75, 3.05) is 5.75 Å². The second-order valence-corrected chi connectivity index (χ2v) is 9.28. The Balaban J connectivity index is 1.57. The van der Waals surface area contributed by atoms with Crippen LogP contribution in [0, 0.1) is 23.5 Å². The topological polar surface area (TPSA) is 59.8 Å². The van der Waals surface area contributed by atoms with Gasteiger partial charge in [0.25, 0.3) is 0 Å². The Bertz CT molecular complexity index is 1090. The van der Waals surface area contributed by atoms with Crippen LogP contribution >= 0.6 is 11.8 Å². The number of halogens is 2. The second-order valence-electron chi connectivity index (χ2n) is 8.33. The van der Waals surface area contributed by atoms with Gasteiger partial charge in [0, 0.05) is 17.7 Å². The van der Waals surface area contributed by atoms with Crippen LogP contribution in [0.1, 0.15) is 33.1 Å². The standard InChI is InChI=1S/C24H26F2N4OS/c1-15-7-6-10-20(16(15)2)27-22(31)14-32-24-29-28-23(17-8-4-3-5-9-17)30(24)21-12-11-18(25)13-19(21)26/h3-5,8-9,11-13,15-16,20H,6-7,10,14H2,1-2H3,(H,27,31)/t15-,16-,20-/m1/s1. The number of carbonyl (C=O) groups excluding carboxylic acids is 1. The molecule has 0 saturated heterocycles. The van der Waals surface area contributed by atoms with Gasteiger partial charge < -0.3 is 5.32 Å². The van der Waals surface area contributed by atoms with Crippen LogP contribution in [0.5, 0.6) is 0 Å². The van der Waals surface area contributed by atoms with E-state index in [1.54, 1.807) is 0 Å². The minimum atomic E-state index is -0.724. The molecule has 3 atom stereocenters. The van der Waals surface area contributed by atoms with Crippen LogP contribution in [0.2, 0.25) is 0 Å². The smallest absolute Gasteiger partial charge is 0.230 e. The lowest BCUT2D eigenvalue weighted by Gasteiger charge is -2.34. The zero-order chi connectivity index (χ0) is 22.7. The van der Waals surface area contributed by atoms with Crippen molar-refractivity contribution in [1.82, 2.24) is 20.1 Å². The molecule has 1 aliphatic carbocycles. The van der Waals surface area contributed by atoms with Gasteiger partial charge in [0.2, 0.25) is 5.91 Å². The van der Waals surface area contributed by atoms with E-state index in [1.807, 2.05) is 30.3 Å². The van der Waals surface area contributed by atoms with E-state index in [4.69, 9.17) is 0 Å². The highest BCUT2D eigenvalue weighted by Gasteiger charge is 2.28. The molecule has 0 spiro atoms. The first-order chi connectivity index (χ1) is 15.4. The molecular weight excluding hydrogens is 430 g/mol. The summed E-state index contributed by atoms with van der Waals surface area (Å²) >= 11 is 1.19. The molecule has 0 unspecified atom stereocenters. The van der Waals surface area contributed by atoms with Gasteiger partial charge in [-0.3, -0.25) is 9.36 Å². The van der Waals surface area contributed by atoms with Crippen LogP contribution in [0.4, 0.5) is 8.78 Å². The van der Waals surface area contributed by atoms with Crippen molar-refractivity contribution in [3.8, 4) is 17.1 Å². The molecule has 32 heavy (non-hydrogen) atoms. The van der Waals surface area contributed by atoms with E-state index in [-0.39, 0.29) is 23.4 Å². The maximum atomic E-state index is 14.7. The lowest BCUT2D eigenvalue weighted by Crippen LogP contribution is -2.44. The Morgan fingerprint density at radius 1 is 1.12 bits per heavy atom. The Hall–Kier alpha value is -2.74. The number of nitrogens with one attached hydrogen (secondary N) is 1. The largest absolute Gasteiger partial charge is 0.352 e. The highest BCUT2D eigenvalue weighted by Crippen LogP contribution is 2.31. The van der Waals surface area contributed by atoms with Gasteiger partial charge >= 0.3 is 0 Å². The third-order valence-electron chi connectivity index (χ3n) is 6.20. The number of benzene rings is 2.